The maximum absolute atomic E-state index is 12.4. The molecule has 1 aliphatic rings. The maximum atomic E-state index is 12.4. The van der Waals surface area contributed by atoms with Crippen LogP contribution < -0.4 is 4.72 Å². The second-order valence-corrected chi connectivity index (χ2v) is 7.27. The summed E-state index contributed by atoms with van der Waals surface area (Å²) in [6.07, 6.45) is 0. The Hall–Kier alpha value is -1.64. The molecule has 7 nitrogen and oxygen atoms in total. The molecular weight excluding hydrogens is 306 g/mol. The monoisotopic (exact) mass is 327 g/mol. The zero-order chi connectivity index (χ0) is 16.3. The molecule has 0 aliphatic carbocycles. The van der Waals surface area contributed by atoms with Crippen molar-refractivity contribution in [3.8, 4) is 0 Å². The smallest absolute Gasteiger partial charge is 0.301 e. The van der Waals surface area contributed by atoms with Crippen LogP contribution in [-0.4, -0.2) is 63.4 Å². The van der Waals surface area contributed by atoms with Gasteiger partial charge in [0.25, 0.3) is 5.91 Å². The average Bonchev–Trinajstić information content (AvgIpc) is 2.47. The number of benzene rings is 1. The lowest BCUT2D eigenvalue weighted by Gasteiger charge is -2.33. The quantitative estimate of drug-likeness (QED) is 0.886. The van der Waals surface area contributed by atoms with Gasteiger partial charge < -0.3 is 9.64 Å². The van der Waals surface area contributed by atoms with E-state index < -0.39 is 10.2 Å². The van der Waals surface area contributed by atoms with Gasteiger partial charge in [-0.3, -0.25) is 9.52 Å². The Morgan fingerprint density at radius 1 is 1.32 bits per heavy atom. The minimum atomic E-state index is -3.54. The van der Waals surface area contributed by atoms with Crippen LogP contribution in [0.15, 0.2) is 24.3 Å². The van der Waals surface area contributed by atoms with E-state index in [2.05, 4.69) is 4.72 Å². The van der Waals surface area contributed by atoms with Crippen LogP contribution >= 0.6 is 0 Å². The molecule has 1 aromatic carbocycles. The van der Waals surface area contributed by atoms with Crippen LogP contribution in [0, 0.1) is 0 Å². The summed E-state index contributed by atoms with van der Waals surface area (Å²) in [5.41, 5.74) is 0.946. The van der Waals surface area contributed by atoms with Crippen LogP contribution in [0.5, 0.6) is 0 Å². The number of morpholine rings is 1. The number of carbonyl (C=O) groups is 1. The van der Waals surface area contributed by atoms with Gasteiger partial charge in [-0.25, -0.2) is 0 Å². The van der Waals surface area contributed by atoms with E-state index in [-0.39, 0.29) is 11.9 Å². The molecule has 1 saturated heterocycles. The Balaban J connectivity index is 2.10. The van der Waals surface area contributed by atoms with Gasteiger partial charge in [0.05, 0.1) is 19.3 Å². The maximum Gasteiger partial charge on any atom is 0.301 e. The van der Waals surface area contributed by atoms with Gasteiger partial charge in [0.2, 0.25) is 0 Å². The Morgan fingerprint density at radius 3 is 2.50 bits per heavy atom. The zero-order valence-corrected chi connectivity index (χ0v) is 13.8. The molecular formula is C14H21N3O4S. The number of nitrogens with zero attached hydrogens (tertiary/aromatic N) is 2. The summed E-state index contributed by atoms with van der Waals surface area (Å²) in [7, 11) is -0.653. The number of hydrogen-bond acceptors (Lipinski definition) is 4. The largest absolute Gasteiger partial charge is 0.377 e. The third-order valence-corrected chi connectivity index (χ3v) is 4.94. The fraction of sp³-hybridized carbons (Fsp3) is 0.500. The number of rotatable bonds is 4. The predicted octanol–water partition coefficient (Wildman–Crippen LogP) is 0.766. The van der Waals surface area contributed by atoms with Crippen molar-refractivity contribution in [2.24, 2.45) is 0 Å². The lowest BCUT2D eigenvalue weighted by atomic mass is 10.1. The van der Waals surface area contributed by atoms with E-state index in [0.717, 1.165) is 4.31 Å². The van der Waals surface area contributed by atoms with Gasteiger partial charge in [-0.1, -0.05) is 0 Å². The van der Waals surface area contributed by atoms with E-state index in [1.165, 1.54) is 14.1 Å². The van der Waals surface area contributed by atoms with Gasteiger partial charge in [0.1, 0.15) is 0 Å². The molecule has 1 heterocycles. The zero-order valence-electron chi connectivity index (χ0n) is 12.9. The Bertz CT molecular complexity index is 628. The van der Waals surface area contributed by atoms with Gasteiger partial charge in [-0.05, 0) is 31.2 Å². The molecule has 8 heteroatoms. The van der Waals surface area contributed by atoms with E-state index in [9.17, 15) is 13.2 Å². The first-order chi connectivity index (χ1) is 10.3. The minimum Gasteiger partial charge on any atom is -0.377 e. The first-order valence-electron chi connectivity index (χ1n) is 7.00. The number of nitrogens with one attached hydrogen (secondary N) is 1. The van der Waals surface area contributed by atoms with Crippen molar-refractivity contribution in [1.82, 2.24) is 9.21 Å². The second kappa shape index (κ2) is 6.64. The summed E-state index contributed by atoms with van der Waals surface area (Å²) in [5.74, 6) is -0.0715. The van der Waals surface area contributed by atoms with Crippen LogP contribution in [0.1, 0.15) is 17.3 Å². The summed E-state index contributed by atoms with van der Waals surface area (Å²) in [6.45, 7) is 3.58. The second-order valence-electron chi connectivity index (χ2n) is 5.39. The molecule has 0 aromatic heterocycles. The molecule has 1 aliphatic heterocycles. The Morgan fingerprint density at radius 2 is 1.95 bits per heavy atom. The molecule has 1 N–H and O–H groups in total. The normalized spacial score (nSPS) is 19.3. The van der Waals surface area contributed by atoms with Gasteiger partial charge in [-0.2, -0.15) is 12.7 Å². The molecule has 2 rings (SSSR count). The molecule has 1 aromatic rings. The third kappa shape index (κ3) is 3.76. The number of hydrogen-bond donors (Lipinski definition) is 1. The molecule has 1 fully saturated rings. The topological polar surface area (TPSA) is 79.0 Å². The molecule has 0 bridgehead atoms. The number of anilines is 1. The van der Waals surface area contributed by atoms with Gasteiger partial charge >= 0.3 is 10.2 Å². The van der Waals surface area contributed by atoms with Crippen LogP contribution in [-0.2, 0) is 14.9 Å². The SMILES string of the molecule is CC1COCCN1C(=O)c1ccc(NS(=O)(=O)N(C)C)cc1. The van der Waals surface area contributed by atoms with Crippen molar-refractivity contribution >= 4 is 21.8 Å². The van der Waals surface area contributed by atoms with E-state index in [0.29, 0.717) is 31.0 Å². The van der Waals surface area contributed by atoms with Crippen molar-refractivity contribution in [1.29, 1.82) is 0 Å². The summed E-state index contributed by atoms with van der Waals surface area (Å²) in [6, 6.07) is 6.45. The molecule has 122 valence electrons. The first kappa shape index (κ1) is 16.7. The lowest BCUT2D eigenvalue weighted by molar-refractivity contribution is 0.00359. The average molecular weight is 327 g/mol. The van der Waals surface area contributed by atoms with Gasteiger partial charge in [0, 0.05) is 31.9 Å². The van der Waals surface area contributed by atoms with Gasteiger partial charge in [0.15, 0.2) is 0 Å². The van der Waals surface area contributed by atoms with E-state index in [4.69, 9.17) is 4.74 Å². The molecule has 22 heavy (non-hydrogen) atoms. The van der Waals surface area contributed by atoms with Crippen molar-refractivity contribution in [3.63, 3.8) is 0 Å². The first-order valence-corrected chi connectivity index (χ1v) is 8.44. The van der Waals surface area contributed by atoms with E-state index in [1.54, 1.807) is 29.2 Å². The predicted molar refractivity (Wildman–Crippen MR) is 84.0 cm³/mol. The van der Waals surface area contributed by atoms with Crippen molar-refractivity contribution in [2.45, 2.75) is 13.0 Å². The van der Waals surface area contributed by atoms with Crippen LogP contribution in [0.2, 0.25) is 0 Å². The highest BCUT2D eigenvalue weighted by atomic mass is 32.2. The van der Waals surface area contributed by atoms with Crippen molar-refractivity contribution in [3.05, 3.63) is 29.8 Å². The Kier molecular flexibility index (Phi) is 5.05. The highest BCUT2D eigenvalue weighted by Gasteiger charge is 2.24. The highest BCUT2D eigenvalue weighted by Crippen LogP contribution is 2.16. The standard InChI is InChI=1S/C14H21N3O4S/c1-11-10-21-9-8-17(11)14(18)12-4-6-13(7-5-12)15-22(19,20)16(2)3/h4-7,11,15H,8-10H2,1-3H3. The molecule has 0 spiro atoms. The summed E-state index contributed by atoms with van der Waals surface area (Å²) >= 11 is 0. The van der Waals surface area contributed by atoms with Crippen molar-refractivity contribution in [2.75, 3.05) is 38.6 Å². The summed E-state index contributed by atoms with van der Waals surface area (Å²) in [5, 5.41) is 0. The third-order valence-electron chi connectivity index (χ3n) is 3.49. The summed E-state index contributed by atoms with van der Waals surface area (Å²) in [4.78, 5) is 14.2. The number of carbonyl (C=O) groups excluding carboxylic acids is 1. The fourth-order valence-electron chi connectivity index (χ4n) is 2.12. The summed E-state index contributed by atoms with van der Waals surface area (Å²) < 4.78 is 32.3. The van der Waals surface area contributed by atoms with Crippen LogP contribution in [0.25, 0.3) is 0 Å². The van der Waals surface area contributed by atoms with E-state index >= 15 is 0 Å². The molecule has 1 amide bonds. The molecule has 0 saturated carbocycles. The minimum absolute atomic E-state index is 0.0353. The molecule has 1 unspecified atom stereocenters. The van der Waals surface area contributed by atoms with E-state index in [1.807, 2.05) is 6.92 Å². The van der Waals surface area contributed by atoms with Crippen molar-refractivity contribution < 1.29 is 17.9 Å². The van der Waals surface area contributed by atoms with Gasteiger partial charge in [-0.15, -0.1) is 0 Å². The highest BCUT2D eigenvalue weighted by molar-refractivity contribution is 7.90. The lowest BCUT2D eigenvalue weighted by Crippen LogP contribution is -2.47. The van der Waals surface area contributed by atoms with Crippen LogP contribution in [0.3, 0.4) is 0 Å². The number of amides is 1. The molecule has 0 radical (unpaired) electrons. The molecule has 1 atom stereocenters. The van der Waals surface area contributed by atoms with Crippen LogP contribution in [0.4, 0.5) is 5.69 Å². The number of ether oxygens (including phenoxy) is 1. The Labute approximate surface area is 131 Å². The fourth-order valence-corrected chi connectivity index (χ4v) is 2.73.